The quantitative estimate of drug-likeness (QED) is 0.680. The Morgan fingerprint density at radius 1 is 1.17 bits per heavy atom. The van der Waals surface area contributed by atoms with Crippen LogP contribution in [0.1, 0.15) is 12.5 Å². The topological polar surface area (TPSA) is 61.4 Å². The number of urea groups is 1. The molecule has 2 aromatic carbocycles. The number of carbonyl (C=O) groups excluding carboxylic acids is 1. The van der Waals surface area contributed by atoms with Crippen LogP contribution >= 0.6 is 11.3 Å². The normalized spacial score (nSPS) is 13.5. The second-order valence-electron chi connectivity index (χ2n) is 5.62. The van der Waals surface area contributed by atoms with Crippen molar-refractivity contribution in [3.8, 4) is 0 Å². The minimum atomic E-state index is -1.09. The van der Waals surface area contributed by atoms with Crippen LogP contribution in [0.5, 0.6) is 0 Å². The van der Waals surface area contributed by atoms with Gasteiger partial charge in [-0.2, -0.15) is 11.3 Å². The molecule has 23 heavy (non-hydrogen) atoms. The van der Waals surface area contributed by atoms with Crippen molar-refractivity contribution in [3.05, 3.63) is 64.9 Å². The molecule has 0 fully saturated rings. The van der Waals surface area contributed by atoms with Gasteiger partial charge in [0.2, 0.25) is 0 Å². The van der Waals surface area contributed by atoms with Gasteiger partial charge in [0.15, 0.2) is 0 Å². The van der Waals surface area contributed by atoms with Crippen LogP contribution in [-0.2, 0) is 5.60 Å². The van der Waals surface area contributed by atoms with E-state index in [1.165, 1.54) is 11.3 Å². The highest BCUT2D eigenvalue weighted by molar-refractivity contribution is 7.08. The fourth-order valence-corrected chi connectivity index (χ4v) is 3.21. The summed E-state index contributed by atoms with van der Waals surface area (Å²) in [5.74, 6) is 0. The number of carbonyl (C=O) groups is 1. The van der Waals surface area contributed by atoms with Crippen LogP contribution < -0.4 is 10.6 Å². The fourth-order valence-electron chi connectivity index (χ4n) is 2.43. The van der Waals surface area contributed by atoms with Gasteiger partial charge in [-0.1, -0.05) is 36.4 Å². The maximum absolute atomic E-state index is 12.1. The second-order valence-corrected chi connectivity index (χ2v) is 6.40. The van der Waals surface area contributed by atoms with Crippen LogP contribution in [0.25, 0.3) is 10.8 Å². The van der Waals surface area contributed by atoms with Crippen LogP contribution in [0.4, 0.5) is 10.5 Å². The lowest BCUT2D eigenvalue weighted by atomic mass is 9.99. The maximum Gasteiger partial charge on any atom is 0.319 e. The highest BCUT2D eigenvalue weighted by Crippen LogP contribution is 2.24. The van der Waals surface area contributed by atoms with E-state index in [9.17, 15) is 9.90 Å². The molecule has 1 atom stereocenters. The van der Waals surface area contributed by atoms with E-state index in [2.05, 4.69) is 10.6 Å². The van der Waals surface area contributed by atoms with Crippen molar-refractivity contribution in [2.45, 2.75) is 12.5 Å². The number of hydrogen-bond acceptors (Lipinski definition) is 3. The molecule has 0 aliphatic carbocycles. The molecule has 3 N–H and O–H groups in total. The Hall–Kier alpha value is -2.37. The Morgan fingerprint density at radius 2 is 1.96 bits per heavy atom. The Morgan fingerprint density at radius 3 is 2.74 bits per heavy atom. The summed E-state index contributed by atoms with van der Waals surface area (Å²) in [6.07, 6.45) is 0. The van der Waals surface area contributed by atoms with E-state index in [-0.39, 0.29) is 12.6 Å². The number of hydrogen-bond donors (Lipinski definition) is 3. The van der Waals surface area contributed by atoms with Crippen molar-refractivity contribution in [2.24, 2.45) is 0 Å². The molecule has 0 aliphatic rings. The third kappa shape index (κ3) is 3.52. The Kier molecular flexibility index (Phi) is 4.32. The molecular weight excluding hydrogens is 308 g/mol. The van der Waals surface area contributed by atoms with Gasteiger partial charge in [0.1, 0.15) is 5.60 Å². The number of nitrogens with one attached hydrogen (secondary N) is 2. The number of aliphatic hydroxyl groups is 1. The summed E-state index contributed by atoms with van der Waals surface area (Å²) in [5.41, 5.74) is 0.458. The molecule has 5 heteroatoms. The van der Waals surface area contributed by atoms with Gasteiger partial charge in [0.05, 0.1) is 12.2 Å². The van der Waals surface area contributed by atoms with E-state index in [0.29, 0.717) is 0 Å². The molecule has 0 spiro atoms. The van der Waals surface area contributed by atoms with Crippen LogP contribution in [-0.4, -0.2) is 17.7 Å². The maximum atomic E-state index is 12.1. The molecular formula is C18H18N2O2S. The summed E-state index contributed by atoms with van der Waals surface area (Å²) >= 11 is 1.52. The van der Waals surface area contributed by atoms with E-state index < -0.39 is 5.60 Å². The molecule has 1 heterocycles. The predicted octanol–water partition coefficient (Wildman–Crippen LogP) is 3.93. The fraction of sp³-hybridized carbons (Fsp3) is 0.167. The van der Waals surface area contributed by atoms with Gasteiger partial charge in [0.25, 0.3) is 0 Å². The molecule has 3 aromatic rings. The Labute approximate surface area is 138 Å². The highest BCUT2D eigenvalue weighted by Gasteiger charge is 2.24. The van der Waals surface area contributed by atoms with E-state index in [1.807, 2.05) is 59.3 Å². The second kappa shape index (κ2) is 6.40. The first-order valence-corrected chi connectivity index (χ1v) is 8.28. The van der Waals surface area contributed by atoms with Gasteiger partial charge in [-0.3, -0.25) is 0 Å². The molecule has 118 valence electrons. The largest absolute Gasteiger partial charge is 0.384 e. The average Bonchev–Trinajstić information content (AvgIpc) is 3.09. The molecule has 2 amide bonds. The van der Waals surface area contributed by atoms with Crippen LogP contribution in [0.3, 0.4) is 0 Å². The Bertz CT molecular complexity index is 808. The first-order valence-electron chi connectivity index (χ1n) is 7.34. The highest BCUT2D eigenvalue weighted by atomic mass is 32.1. The zero-order valence-corrected chi connectivity index (χ0v) is 13.6. The molecule has 1 aromatic heterocycles. The van der Waals surface area contributed by atoms with Gasteiger partial charge in [-0.25, -0.2) is 4.79 Å². The van der Waals surface area contributed by atoms with Crippen molar-refractivity contribution < 1.29 is 9.90 Å². The third-order valence-corrected chi connectivity index (χ3v) is 4.46. The molecule has 0 saturated heterocycles. The SMILES string of the molecule is CC(O)(CNC(=O)Nc1cccc2ccccc12)c1ccsc1. The number of fused-ring (bicyclic) bond motifs is 1. The van der Waals surface area contributed by atoms with Gasteiger partial charge in [-0.05, 0) is 40.8 Å². The molecule has 4 nitrogen and oxygen atoms in total. The van der Waals surface area contributed by atoms with Crippen molar-refractivity contribution in [2.75, 3.05) is 11.9 Å². The van der Waals surface area contributed by atoms with Gasteiger partial charge in [0, 0.05) is 5.39 Å². The summed E-state index contributed by atoms with van der Waals surface area (Å²) in [7, 11) is 0. The number of anilines is 1. The van der Waals surface area contributed by atoms with Crippen molar-refractivity contribution in [1.82, 2.24) is 5.32 Å². The zero-order valence-electron chi connectivity index (χ0n) is 12.7. The summed E-state index contributed by atoms with van der Waals surface area (Å²) < 4.78 is 0. The number of thiophene rings is 1. The van der Waals surface area contributed by atoms with Gasteiger partial charge < -0.3 is 15.7 Å². The zero-order chi connectivity index (χ0) is 16.3. The number of rotatable bonds is 4. The van der Waals surface area contributed by atoms with Crippen molar-refractivity contribution in [3.63, 3.8) is 0 Å². The number of benzene rings is 2. The van der Waals surface area contributed by atoms with E-state index in [4.69, 9.17) is 0 Å². The molecule has 0 radical (unpaired) electrons. The first-order chi connectivity index (χ1) is 11.1. The molecule has 0 aliphatic heterocycles. The molecule has 3 rings (SSSR count). The van der Waals surface area contributed by atoms with E-state index in [0.717, 1.165) is 22.0 Å². The predicted molar refractivity (Wildman–Crippen MR) is 94.9 cm³/mol. The third-order valence-electron chi connectivity index (χ3n) is 3.77. The Balaban J connectivity index is 1.67. The van der Waals surface area contributed by atoms with Crippen LogP contribution in [0.2, 0.25) is 0 Å². The van der Waals surface area contributed by atoms with Crippen LogP contribution in [0.15, 0.2) is 59.3 Å². The van der Waals surface area contributed by atoms with Gasteiger partial charge >= 0.3 is 6.03 Å². The van der Waals surface area contributed by atoms with Crippen molar-refractivity contribution in [1.29, 1.82) is 0 Å². The lowest BCUT2D eigenvalue weighted by Crippen LogP contribution is -2.40. The molecule has 0 bridgehead atoms. The standard InChI is InChI=1S/C18H18N2O2S/c1-18(22,14-9-10-23-11-14)12-19-17(21)20-16-8-4-6-13-5-2-3-7-15(13)16/h2-11,22H,12H2,1H3,(H2,19,20,21). The minimum Gasteiger partial charge on any atom is -0.384 e. The molecule has 1 unspecified atom stereocenters. The lowest BCUT2D eigenvalue weighted by molar-refractivity contribution is 0.0604. The van der Waals surface area contributed by atoms with Crippen LogP contribution in [0, 0.1) is 0 Å². The summed E-state index contributed by atoms with van der Waals surface area (Å²) in [5, 5.41) is 21.8. The summed E-state index contributed by atoms with van der Waals surface area (Å²) in [6.45, 7) is 1.83. The number of amides is 2. The van der Waals surface area contributed by atoms with E-state index >= 15 is 0 Å². The average molecular weight is 326 g/mol. The first kappa shape index (κ1) is 15.5. The minimum absolute atomic E-state index is 0.139. The summed E-state index contributed by atoms with van der Waals surface area (Å²) in [6, 6.07) is 15.1. The van der Waals surface area contributed by atoms with Gasteiger partial charge in [-0.15, -0.1) is 0 Å². The smallest absolute Gasteiger partial charge is 0.319 e. The monoisotopic (exact) mass is 326 g/mol. The summed E-state index contributed by atoms with van der Waals surface area (Å²) in [4.78, 5) is 12.1. The molecule has 0 saturated carbocycles. The lowest BCUT2D eigenvalue weighted by Gasteiger charge is -2.23. The van der Waals surface area contributed by atoms with E-state index in [1.54, 1.807) is 6.92 Å². The van der Waals surface area contributed by atoms with Crippen molar-refractivity contribution >= 4 is 33.8 Å².